The maximum absolute atomic E-state index is 12.8. The number of likely N-dealkylation sites (N-methyl/N-ethyl adjacent to an activating group) is 1. The van der Waals surface area contributed by atoms with E-state index in [1.54, 1.807) is 6.08 Å². The van der Waals surface area contributed by atoms with Crippen molar-refractivity contribution in [3.05, 3.63) is 12.2 Å². The molecule has 9 heteroatoms. The number of hydrogen-bond acceptors (Lipinski definition) is 6. The average molecular weight is 787 g/mol. The van der Waals surface area contributed by atoms with Gasteiger partial charge in [0.2, 0.25) is 5.91 Å². The van der Waals surface area contributed by atoms with Gasteiger partial charge in [-0.3, -0.25) is 9.36 Å². The molecule has 0 bridgehead atoms. The van der Waals surface area contributed by atoms with Crippen LogP contribution in [0.2, 0.25) is 0 Å². The zero-order valence-corrected chi connectivity index (χ0v) is 37.3. The lowest BCUT2D eigenvalue weighted by molar-refractivity contribution is -0.870. The van der Waals surface area contributed by atoms with E-state index in [9.17, 15) is 19.4 Å². The van der Waals surface area contributed by atoms with Crippen LogP contribution in [-0.4, -0.2) is 68.5 Å². The van der Waals surface area contributed by atoms with Gasteiger partial charge in [-0.1, -0.05) is 206 Å². The van der Waals surface area contributed by atoms with Gasteiger partial charge in [-0.05, 0) is 19.3 Å². The lowest BCUT2D eigenvalue weighted by Crippen LogP contribution is -2.45. The Labute approximate surface area is 335 Å². The fourth-order valence-corrected chi connectivity index (χ4v) is 7.52. The Hall–Kier alpha value is -0.760. The van der Waals surface area contributed by atoms with E-state index in [0.717, 1.165) is 38.5 Å². The summed E-state index contributed by atoms with van der Waals surface area (Å²) in [6.07, 6.45) is 42.5. The summed E-state index contributed by atoms with van der Waals surface area (Å²) in [5, 5.41) is 13.8. The Morgan fingerprint density at radius 2 is 1.00 bits per heavy atom. The Bertz CT molecular complexity index is 896. The van der Waals surface area contributed by atoms with E-state index in [2.05, 4.69) is 19.2 Å². The first kappa shape index (κ1) is 53.2. The summed E-state index contributed by atoms with van der Waals surface area (Å²) >= 11 is 0. The molecule has 8 nitrogen and oxygen atoms in total. The van der Waals surface area contributed by atoms with Crippen molar-refractivity contribution in [2.24, 2.45) is 0 Å². The number of unbranched alkanes of at least 4 members (excludes halogenated alkanes) is 29. The van der Waals surface area contributed by atoms with Gasteiger partial charge in [0.25, 0.3) is 7.82 Å². The van der Waals surface area contributed by atoms with E-state index in [4.69, 9.17) is 9.05 Å². The topological polar surface area (TPSA) is 108 Å². The first-order valence-electron chi connectivity index (χ1n) is 23.1. The minimum Gasteiger partial charge on any atom is -0.756 e. The number of aliphatic hydroxyl groups excluding tert-OH is 1. The maximum atomic E-state index is 12.8. The Morgan fingerprint density at radius 3 is 1.39 bits per heavy atom. The van der Waals surface area contributed by atoms with Crippen molar-refractivity contribution in [1.82, 2.24) is 5.32 Å². The zero-order valence-electron chi connectivity index (χ0n) is 36.4. The van der Waals surface area contributed by atoms with Gasteiger partial charge in [-0.15, -0.1) is 0 Å². The van der Waals surface area contributed by atoms with Gasteiger partial charge >= 0.3 is 0 Å². The first-order valence-corrected chi connectivity index (χ1v) is 24.5. The highest BCUT2D eigenvalue weighted by atomic mass is 31.2. The monoisotopic (exact) mass is 787 g/mol. The summed E-state index contributed by atoms with van der Waals surface area (Å²) in [7, 11) is 1.27. The third-order valence-corrected chi connectivity index (χ3v) is 11.5. The molecule has 0 aromatic heterocycles. The van der Waals surface area contributed by atoms with E-state index in [1.165, 1.54) is 161 Å². The number of amides is 1. The van der Waals surface area contributed by atoms with Gasteiger partial charge < -0.3 is 28.8 Å². The number of phosphoric acid groups is 1. The quantitative estimate of drug-likeness (QED) is 0.0276. The molecule has 2 N–H and O–H groups in total. The fourth-order valence-electron chi connectivity index (χ4n) is 6.80. The highest BCUT2D eigenvalue weighted by molar-refractivity contribution is 7.45. The predicted octanol–water partition coefficient (Wildman–Crippen LogP) is 12.1. The minimum atomic E-state index is -4.58. The first-order chi connectivity index (χ1) is 26.0. The van der Waals surface area contributed by atoms with E-state index in [0.29, 0.717) is 17.4 Å². The van der Waals surface area contributed by atoms with E-state index in [-0.39, 0.29) is 19.1 Å². The average Bonchev–Trinajstić information content (AvgIpc) is 3.12. The molecule has 0 spiro atoms. The van der Waals surface area contributed by atoms with Crippen molar-refractivity contribution in [2.45, 2.75) is 231 Å². The van der Waals surface area contributed by atoms with Crippen LogP contribution in [0.4, 0.5) is 0 Å². The fraction of sp³-hybridized carbons (Fsp3) is 0.933. The van der Waals surface area contributed by atoms with Crippen molar-refractivity contribution in [2.75, 3.05) is 40.9 Å². The van der Waals surface area contributed by atoms with Gasteiger partial charge in [0.1, 0.15) is 13.2 Å². The summed E-state index contributed by atoms with van der Waals surface area (Å²) in [6, 6.07) is -0.879. The molecule has 1 amide bonds. The molecule has 0 heterocycles. The second kappa shape index (κ2) is 37.8. The van der Waals surface area contributed by atoms with Gasteiger partial charge in [-0.25, -0.2) is 0 Å². The van der Waals surface area contributed by atoms with Crippen LogP contribution in [0.25, 0.3) is 0 Å². The number of phosphoric ester groups is 1. The van der Waals surface area contributed by atoms with Gasteiger partial charge in [0.15, 0.2) is 0 Å². The van der Waals surface area contributed by atoms with Gasteiger partial charge in [0.05, 0.1) is 39.9 Å². The van der Waals surface area contributed by atoms with Crippen LogP contribution >= 0.6 is 7.82 Å². The Morgan fingerprint density at radius 1 is 0.630 bits per heavy atom. The van der Waals surface area contributed by atoms with Crippen molar-refractivity contribution in [3.63, 3.8) is 0 Å². The second-order valence-corrected chi connectivity index (χ2v) is 18.5. The van der Waals surface area contributed by atoms with Crippen LogP contribution in [0.1, 0.15) is 219 Å². The van der Waals surface area contributed by atoms with Crippen molar-refractivity contribution in [1.29, 1.82) is 0 Å². The predicted molar refractivity (Wildman–Crippen MR) is 229 cm³/mol. The number of quaternary nitrogens is 1. The Balaban J connectivity index is 4.36. The zero-order chi connectivity index (χ0) is 40.0. The minimum absolute atomic E-state index is 0.00215. The molecule has 0 aliphatic rings. The lowest BCUT2D eigenvalue weighted by Gasteiger charge is -2.29. The Kier molecular flexibility index (Phi) is 37.3. The maximum Gasteiger partial charge on any atom is 0.268 e. The molecule has 0 aromatic rings. The smallest absolute Gasteiger partial charge is 0.268 e. The molecule has 0 aliphatic heterocycles. The van der Waals surface area contributed by atoms with Crippen LogP contribution in [-0.2, 0) is 18.4 Å². The standard InChI is InChI=1S/C45H91N2O6P/c1-6-8-10-12-14-16-18-20-21-22-23-24-25-27-28-30-32-34-36-38-44(48)43(42-53-54(50,51)52-41-40-47(3,4)5)46-45(49)39-37-35-33-31-29-26-19-17-15-13-11-9-7-2/h36,38,43-44,48H,6-35,37,39-42H2,1-5H3,(H-,46,49,50,51)/b38-36+. The third-order valence-electron chi connectivity index (χ3n) is 10.5. The number of carbonyl (C=O) groups excluding carboxylic acids is 1. The second-order valence-electron chi connectivity index (χ2n) is 17.1. The molecule has 0 fully saturated rings. The van der Waals surface area contributed by atoms with E-state index < -0.39 is 20.0 Å². The van der Waals surface area contributed by atoms with Crippen LogP contribution < -0.4 is 10.2 Å². The number of nitrogens with zero attached hydrogens (tertiary/aromatic N) is 1. The SMILES string of the molecule is CCCCCCCCCCCCCCCCCCC/C=C/C(O)C(COP(=O)([O-])OCC[N+](C)(C)C)NC(=O)CCCCCCCCCCCCCCC. The third kappa shape index (κ3) is 39.5. The summed E-state index contributed by atoms with van der Waals surface area (Å²) < 4.78 is 23.2. The molecule has 0 aliphatic carbocycles. The highest BCUT2D eigenvalue weighted by Crippen LogP contribution is 2.38. The van der Waals surface area contributed by atoms with E-state index >= 15 is 0 Å². The lowest BCUT2D eigenvalue weighted by atomic mass is 10.0. The number of aliphatic hydroxyl groups is 1. The summed E-state index contributed by atoms with van der Waals surface area (Å²) in [6.45, 7) is 4.66. The van der Waals surface area contributed by atoms with Crippen molar-refractivity contribution < 1.29 is 32.9 Å². The van der Waals surface area contributed by atoms with Gasteiger partial charge in [-0.2, -0.15) is 0 Å². The molecule has 0 rings (SSSR count). The molecule has 3 atom stereocenters. The normalized spacial score (nSPS) is 14.4. The van der Waals surface area contributed by atoms with Crippen LogP contribution in [0.3, 0.4) is 0 Å². The summed E-state index contributed by atoms with van der Waals surface area (Å²) in [5.74, 6) is -0.195. The number of hydrogen-bond donors (Lipinski definition) is 2. The molecule has 0 radical (unpaired) electrons. The van der Waals surface area contributed by atoms with Crippen molar-refractivity contribution in [3.8, 4) is 0 Å². The number of carbonyl (C=O) groups is 1. The van der Waals surface area contributed by atoms with E-state index in [1.807, 2.05) is 27.2 Å². The molecule has 0 saturated carbocycles. The molecular formula is C45H91N2O6P. The largest absolute Gasteiger partial charge is 0.756 e. The summed E-state index contributed by atoms with van der Waals surface area (Å²) in [5.41, 5.74) is 0. The van der Waals surface area contributed by atoms with Crippen LogP contribution in [0, 0.1) is 0 Å². The highest BCUT2D eigenvalue weighted by Gasteiger charge is 2.23. The molecular weight excluding hydrogens is 695 g/mol. The summed E-state index contributed by atoms with van der Waals surface area (Å²) in [4.78, 5) is 25.3. The van der Waals surface area contributed by atoms with Crippen LogP contribution in [0.15, 0.2) is 12.2 Å². The number of nitrogens with one attached hydrogen (secondary N) is 1. The molecule has 322 valence electrons. The van der Waals surface area contributed by atoms with Gasteiger partial charge in [0, 0.05) is 6.42 Å². The van der Waals surface area contributed by atoms with Crippen molar-refractivity contribution >= 4 is 13.7 Å². The molecule has 0 aromatic carbocycles. The number of rotatable bonds is 42. The molecule has 54 heavy (non-hydrogen) atoms. The number of allylic oxidation sites excluding steroid dienone is 1. The molecule has 3 unspecified atom stereocenters. The molecule has 0 saturated heterocycles. The van der Waals surface area contributed by atoms with Crippen LogP contribution in [0.5, 0.6) is 0 Å².